The first-order chi connectivity index (χ1) is 5.69. The number of hydrogen-bond donors (Lipinski definition) is 0. The van der Waals surface area contributed by atoms with Gasteiger partial charge in [0.25, 0.3) is 0 Å². The highest BCUT2D eigenvalue weighted by Crippen LogP contribution is 2.14. The van der Waals surface area contributed by atoms with Gasteiger partial charge in [-0.25, -0.2) is 9.97 Å². The van der Waals surface area contributed by atoms with Gasteiger partial charge in [0.05, 0.1) is 17.0 Å². The van der Waals surface area contributed by atoms with Crippen molar-refractivity contribution in [3.63, 3.8) is 0 Å². The van der Waals surface area contributed by atoms with Crippen molar-refractivity contribution in [1.82, 2.24) is 9.97 Å². The Hall–Kier alpha value is -1.08. The summed E-state index contributed by atoms with van der Waals surface area (Å²) in [4.78, 5) is 8.31. The molecule has 1 heterocycles. The van der Waals surface area contributed by atoms with Gasteiger partial charge in [-0.1, -0.05) is 11.8 Å². The maximum atomic E-state index is 8.73. The molecule has 0 N–H and O–H groups in total. The van der Waals surface area contributed by atoms with E-state index in [1.807, 2.05) is 20.1 Å². The molecule has 0 saturated heterocycles. The number of thioether (sulfide) groups is 1. The quantitative estimate of drug-likeness (QED) is 0.486. The first-order valence-electron chi connectivity index (χ1n) is 3.48. The lowest BCUT2D eigenvalue weighted by molar-refractivity contribution is 0.895. The molecule has 0 fully saturated rings. The molecule has 0 atom stereocenters. The van der Waals surface area contributed by atoms with E-state index >= 15 is 0 Å². The van der Waals surface area contributed by atoms with Crippen LogP contribution in [0.3, 0.4) is 0 Å². The van der Waals surface area contributed by atoms with E-state index in [9.17, 15) is 0 Å². The Balaban J connectivity index is 3.30. The topological polar surface area (TPSA) is 49.6 Å². The summed E-state index contributed by atoms with van der Waals surface area (Å²) in [6, 6.07) is 2.08. The molecule has 0 radical (unpaired) electrons. The third kappa shape index (κ3) is 1.56. The monoisotopic (exact) mass is 179 g/mol. The Morgan fingerprint density at radius 2 is 1.75 bits per heavy atom. The Bertz CT molecular complexity index is 318. The van der Waals surface area contributed by atoms with E-state index < -0.39 is 0 Å². The molecule has 4 heteroatoms. The summed E-state index contributed by atoms with van der Waals surface area (Å²) in [5.74, 6) is 0. The Morgan fingerprint density at radius 1 is 1.25 bits per heavy atom. The summed E-state index contributed by atoms with van der Waals surface area (Å²) in [5.41, 5.74) is 2.11. The van der Waals surface area contributed by atoms with Gasteiger partial charge < -0.3 is 0 Å². The van der Waals surface area contributed by atoms with Gasteiger partial charge in [0.15, 0.2) is 5.16 Å². The average molecular weight is 179 g/mol. The number of hydrogen-bond acceptors (Lipinski definition) is 4. The molecule has 0 spiro atoms. The van der Waals surface area contributed by atoms with Crippen molar-refractivity contribution in [2.24, 2.45) is 0 Å². The fraction of sp³-hybridized carbons (Fsp3) is 0.375. The minimum Gasteiger partial charge on any atom is -0.227 e. The van der Waals surface area contributed by atoms with Crippen LogP contribution in [0.4, 0.5) is 0 Å². The normalized spacial score (nSPS) is 9.50. The predicted molar refractivity (Wildman–Crippen MR) is 48.0 cm³/mol. The van der Waals surface area contributed by atoms with E-state index in [1.165, 1.54) is 11.8 Å². The highest BCUT2D eigenvalue weighted by molar-refractivity contribution is 7.98. The van der Waals surface area contributed by atoms with Gasteiger partial charge in [-0.2, -0.15) is 5.26 Å². The van der Waals surface area contributed by atoms with Crippen LogP contribution in [0.2, 0.25) is 0 Å². The largest absolute Gasteiger partial charge is 0.227 e. The molecule has 0 unspecified atom stereocenters. The van der Waals surface area contributed by atoms with Crippen LogP contribution >= 0.6 is 11.8 Å². The van der Waals surface area contributed by atoms with Gasteiger partial charge in [0.1, 0.15) is 6.07 Å². The van der Waals surface area contributed by atoms with E-state index in [4.69, 9.17) is 5.26 Å². The lowest BCUT2D eigenvalue weighted by Gasteiger charge is -2.01. The first-order valence-corrected chi connectivity index (χ1v) is 4.71. The molecule has 62 valence electrons. The Morgan fingerprint density at radius 3 is 2.08 bits per heavy atom. The molecular formula is C8H9N3S. The van der Waals surface area contributed by atoms with Gasteiger partial charge in [0, 0.05) is 0 Å². The van der Waals surface area contributed by atoms with Crippen LogP contribution in [0.5, 0.6) is 0 Å². The summed E-state index contributed by atoms with van der Waals surface area (Å²) >= 11 is 1.48. The highest BCUT2D eigenvalue weighted by atomic mass is 32.2. The minimum absolute atomic E-state index is 0.591. The summed E-state index contributed by atoms with van der Waals surface area (Å²) in [6.07, 6.45) is 1.92. The highest BCUT2D eigenvalue weighted by Gasteiger charge is 2.05. The van der Waals surface area contributed by atoms with Gasteiger partial charge in [-0.05, 0) is 20.1 Å². The van der Waals surface area contributed by atoms with Crippen molar-refractivity contribution in [2.75, 3.05) is 6.26 Å². The maximum absolute atomic E-state index is 8.73. The van der Waals surface area contributed by atoms with E-state index in [2.05, 4.69) is 16.0 Å². The number of rotatable bonds is 1. The van der Waals surface area contributed by atoms with Crippen LogP contribution in [-0.4, -0.2) is 16.2 Å². The van der Waals surface area contributed by atoms with E-state index in [0.717, 1.165) is 16.5 Å². The Kier molecular flexibility index (Phi) is 2.66. The lowest BCUT2D eigenvalue weighted by atomic mass is 10.2. The van der Waals surface area contributed by atoms with Gasteiger partial charge in [-0.3, -0.25) is 0 Å². The zero-order chi connectivity index (χ0) is 9.14. The van der Waals surface area contributed by atoms with Crippen molar-refractivity contribution >= 4 is 11.8 Å². The van der Waals surface area contributed by atoms with Crippen LogP contribution in [-0.2, 0) is 0 Å². The third-order valence-electron chi connectivity index (χ3n) is 1.54. The number of aryl methyl sites for hydroxylation is 2. The number of nitriles is 1. The fourth-order valence-corrected chi connectivity index (χ4v) is 1.40. The minimum atomic E-state index is 0.591. The first kappa shape index (κ1) is 9.01. The van der Waals surface area contributed by atoms with E-state index in [-0.39, 0.29) is 0 Å². The second-order valence-corrected chi connectivity index (χ2v) is 3.14. The zero-order valence-electron chi connectivity index (χ0n) is 7.25. The molecule has 1 aromatic rings. The summed E-state index contributed by atoms with van der Waals surface area (Å²) in [5, 5.41) is 9.45. The van der Waals surface area contributed by atoms with Crippen LogP contribution < -0.4 is 0 Å². The predicted octanol–water partition coefficient (Wildman–Crippen LogP) is 1.69. The van der Waals surface area contributed by atoms with Gasteiger partial charge in [-0.15, -0.1) is 0 Å². The van der Waals surface area contributed by atoms with Crippen molar-refractivity contribution < 1.29 is 0 Å². The second-order valence-electron chi connectivity index (χ2n) is 2.37. The summed E-state index contributed by atoms with van der Waals surface area (Å²) < 4.78 is 0. The van der Waals surface area contributed by atoms with E-state index in [0.29, 0.717) is 5.56 Å². The number of aromatic nitrogens is 2. The molecule has 1 aromatic heterocycles. The molecule has 0 amide bonds. The second kappa shape index (κ2) is 3.55. The van der Waals surface area contributed by atoms with Crippen LogP contribution in [0, 0.1) is 25.2 Å². The van der Waals surface area contributed by atoms with Gasteiger partial charge >= 0.3 is 0 Å². The number of nitrogens with zero attached hydrogens (tertiary/aromatic N) is 3. The van der Waals surface area contributed by atoms with E-state index in [1.54, 1.807) is 0 Å². The van der Waals surface area contributed by atoms with Gasteiger partial charge in [0.2, 0.25) is 0 Å². The standard InChI is InChI=1S/C8H9N3S/c1-5-7(4-9)6(2)11-8(10-5)12-3/h1-3H3. The average Bonchev–Trinajstić information content (AvgIpc) is 2.03. The van der Waals surface area contributed by atoms with Crippen molar-refractivity contribution in [1.29, 1.82) is 5.26 Å². The maximum Gasteiger partial charge on any atom is 0.187 e. The van der Waals surface area contributed by atoms with Crippen molar-refractivity contribution in [3.05, 3.63) is 17.0 Å². The molecule has 0 aliphatic rings. The third-order valence-corrected chi connectivity index (χ3v) is 2.09. The summed E-state index contributed by atoms with van der Waals surface area (Å²) in [7, 11) is 0. The van der Waals surface area contributed by atoms with Crippen LogP contribution in [0.1, 0.15) is 17.0 Å². The fourth-order valence-electron chi connectivity index (χ4n) is 0.939. The molecule has 1 rings (SSSR count). The lowest BCUT2D eigenvalue weighted by Crippen LogP contribution is -1.98. The zero-order valence-corrected chi connectivity index (χ0v) is 8.07. The molecular weight excluding hydrogens is 170 g/mol. The summed E-state index contributed by atoms with van der Waals surface area (Å²) in [6.45, 7) is 3.65. The molecule has 0 saturated carbocycles. The molecule has 3 nitrogen and oxygen atoms in total. The molecule has 0 aromatic carbocycles. The van der Waals surface area contributed by atoms with Crippen LogP contribution in [0.15, 0.2) is 5.16 Å². The van der Waals surface area contributed by atoms with Crippen molar-refractivity contribution in [3.8, 4) is 6.07 Å². The SMILES string of the molecule is CSc1nc(C)c(C#N)c(C)n1. The van der Waals surface area contributed by atoms with Crippen LogP contribution in [0.25, 0.3) is 0 Å². The Labute approximate surface area is 75.8 Å². The molecule has 0 aliphatic heterocycles. The smallest absolute Gasteiger partial charge is 0.187 e. The molecule has 0 aliphatic carbocycles. The van der Waals surface area contributed by atoms with Crippen molar-refractivity contribution in [2.45, 2.75) is 19.0 Å². The molecule has 12 heavy (non-hydrogen) atoms. The molecule has 0 bridgehead atoms.